The number of benzene rings is 3. The number of nitrogens with zero attached hydrogens (tertiary/aromatic N) is 1. The second kappa shape index (κ2) is 6.87. The number of anilines is 1. The summed E-state index contributed by atoms with van der Waals surface area (Å²) >= 11 is 0. The molecule has 0 radical (unpaired) electrons. The molecule has 2 atom stereocenters. The zero-order chi connectivity index (χ0) is 27.1. The fourth-order valence-electron chi connectivity index (χ4n) is 6.85. The van der Waals surface area contributed by atoms with Gasteiger partial charge in [-0.2, -0.15) is 0 Å². The van der Waals surface area contributed by atoms with Crippen molar-refractivity contribution in [2.45, 2.75) is 11.8 Å². The molecule has 1 saturated heterocycles. The lowest BCUT2D eigenvalue weighted by Gasteiger charge is -2.46. The van der Waals surface area contributed by atoms with E-state index in [-0.39, 0.29) is 27.9 Å². The molecule has 2 amide bonds. The largest absolute Gasteiger partial charge is 0.386 e. The Hall–Kier alpha value is -5.06. The molecule has 0 saturated carbocycles. The van der Waals surface area contributed by atoms with Crippen LogP contribution < -0.4 is 4.90 Å². The molecule has 0 aromatic heterocycles. The van der Waals surface area contributed by atoms with Crippen LogP contribution in [0.1, 0.15) is 75.5 Å². The molecule has 2 bridgehead atoms. The monoisotopic (exact) mass is 527 g/mol. The molecule has 9 rings (SSSR count). The van der Waals surface area contributed by atoms with Gasteiger partial charge in [0.15, 0.2) is 0 Å². The van der Waals surface area contributed by atoms with Crippen molar-refractivity contribution >= 4 is 41.4 Å². The van der Waals surface area contributed by atoms with Gasteiger partial charge in [-0.25, -0.2) is 32.9 Å². The van der Waals surface area contributed by atoms with Gasteiger partial charge in [0.25, 0.3) is 0 Å². The van der Waals surface area contributed by atoms with Gasteiger partial charge in [0.1, 0.15) is 11.6 Å². The van der Waals surface area contributed by atoms with Crippen molar-refractivity contribution in [2.24, 2.45) is 11.8 Å². The van der Waals surface area contributed by atoms with E-state index in [0.717, 1.165) is 17.0 Å². The Kier molecular flexibility index (Phi) is 3.87. The number of imide groups is 1. The predicted molar refractivity (Wildman–Crippen MR) is 122 cm³/mol. The Morgan fingerprint density at radius 1 is 0.513 bits per heavy atom. The number of hydrogen-bond acceptors (Lipinski definition) is 8. The average molecular weight is 527 g/mol. The maximum Gasteiger partial charge on any atom is 0.346 e. The molecule has 2 unspecified atom stereocenters. The topological polar surface area (TPSA) is 124 Å². The number of fused-ring (bicyclic) bond motifs is 2. The van der Waals surface area contributed by atoms with E-state index >= 15 is 0 Å². The van der Waals surface area contributed by atoms with Gasteiger partial charge >= 0.3 is 23.9 Å². The van der Waals surface area contributed by atoms with Gasteiger partial charge in [-0.1, -0.05) is 0 Å². The summed E-state index contributed by atoms with van der Waals surface area (Å²) in [6.07, 6.45) is 0. The van der Waals surface area contributed by atoms with Gasteiger partial charge < -0.3 is 9.47 Å². The first-order chi connectivity index (χ1) is 18.6. The lowest BCUT2D eigenvalue weighted by Crippen LogP contribution is -2.42. The first-order valence-electron chi connectivity index (χ1n) is 11.9. The van der Waals surface area contributed by atoms with Gasteiger partial charge in [0, 0.05) is 17.9 Å². The fraction of sp³-hybridized carbons (Fsp3) is 0.143. The van der Waals surface area contributed by atoms with E-state index < -0.39 is 71.0 Å². The number of carbonyl (C=O) groups excluding carboxylic acids is 6. The van der Waals surface area contributed by atoms with Crippen molar-refractivity contribution in [3.63, 3.8) is 0 Å². The zero-order valence-electron chi connectivity index (χ0n) is 19.3. The van der Waals surface area contributed by atoms with E-state index in [9.17, 15) is 37.5 Å². The fourth-order valence-corrected chi connectivity index (χ4v) is 6.85. The second-order valence-corrected chi connectivity index (χ2v) is 10.1. The molecule has 39 heavy (non-hydrogen) atoms. The van der Waals surface area contributed by atoms with Crippen molar-refractivity contribution in [1.82, 2.24) is 0 Å². The number of cyclic esters (lactones) is 4. The Balaban J connectivity index is 1.39. The standard InChI is InChI=1S/C28H11F2NO8/c29-8-1-9(30)3-10(2-8)31-23(32)21-19-11-4-15-16(26(35)38-25(15)34)5-12(11)20(22(21)24(31)33)14-7-18-17(6-13(14)19)27(36)39-28(18)37/h1-7,19-22H. The van der Waals surface area contributed by atoms with Crippen LogP contribution >= 0.6 is 0 Å². The molecule has 3 heterocycles. The smallest absolute Gasteiger partial charge is 0.346 e. The second-order valence-electron chi connectivity index (χ2n) is 10.1. The van der Waals surface area contributed by atoms with Crippen LogP contribution in [0.3, 0.4) is 0 Å². The van der Waals surface area contributed by atoms with Crippen molar-refractivity contribution in [1.29, 1.82) is 0 Å². The molecule has 9 nitrogen and oxygen atoms in total. The van der Waals surface area contributed by atoms with Crippen LogP contribution in [-0.4, -0.2) is 35.7 Å². The van der Waals surface area contributed by atoms with E-state index in [2.05, 4.69) is 0 Å². The van der Waals surface area contributed by atoms with Gasteiger partial charge in [0.2, 0.25) is 11.8 Å². The van der Waals surface area contributed by atoms with E-state index in [4.69, 9.17) is 9.47 Å². The molecule has 3 aromatic rings. The molecular weight excluding hydrogens is 516 g/mol. The lowest BCUT2D eigenvalue weighted by atomic mass is 9.54. The zero-order valence-corrected chi connectivity index (χ0v) is 19.3. The Morgan fingerprint density at radius 2 is 0.846 bits per heavy atom. The molecule has 6 aliphatic rings. The summed E-state index contributed by atoms with van der Waals surface area (Å²) in [6.45, 7) is 0. The number of rotatable bonds is 1. The quantitative estimate of drug-likeness (QED) is 0.269. The van der Waals surface area contributed by atoms with Crippen molar-refractivity contribution in [3.05, 3.63) is 98.6 Å². The van der Waals surface area contributed by atoms with E-state index in [1.807, 2.05) is 0 Å². The Morgan fingerprint density at radius 3 is 1.18 bits per heavy atom. The van der Waals surface area contributed by atoms with Crippen LogP contribution in [0.25, 0.3) is 0 Å². The van der Waals surface area contributed by atoms with Crippen molar-refractivity contribution in [3.8, 4) is 0 Å². The lowest BCUT2D eigenvalue weighted by molar-refractivity contribution is -0.122. The highest BCUT2D eigenvalue weighted by Gasteiger charge is 2.63. The number of esters is 4. The molecule has 0 N–H and O–H groups in total. The Bertz CT molecular complexity index is 1640. The minimum absolute atomic E-state index is 0.000905. The summed E-state index contributed by atoms with van der Waals surface area (Å²) in [5, 5.41) is 0. The normalized spacial score (nSPS) is 25.3. The van der Waals surface area contributed by atoms with Gasteiger partial charge in [-0.05, 0) is 58.7 Å². The number of ether oxygens (including phenoxy) is 2. The third kappa shape index (κ3) is 2.56. The molecule has 3 aliphatic carbocycles. The highest BCUT2D eigenvalue weighted by Crippen LogP contribution is 2.62. The summed E-state index contributed by atoms with van der Waals surface area (Å²) in [4.78, 5) is 77.8. The Labute approximate surface area is 215 Å². The number of amides is 2. The van der Waals surface area contributed by atoms with Crippen LogP contribution in [0.4, 0.5) is 14.5 Å². The van der Waals surface area contributed by atoms with Gasteiger partial charge in [0.05, 0.1) is 39.8 Å². The summed E-state index contributed by atoms with van der Waals surface area (Å²) < 4.78 is 37.7. The third-order valence-electron chi connectivity index (χ3n) is 8.26. The maximum atomic E-state index is 14.1. The van der Waals surface area contributed by atoms with Crippen molar-refractivity contribution < 1.29 is 47.0 Å². The summed E-state index contributed by atoms with van der Waals surface area (Å²) in [6, 6.07) is 8.19. The minimum atomic E-state index is -1.05. The molecular formula is C28H11F2NO8. The SMILES string of the molecule is O=C1OC(=O)c2cc3c(cc21)C1c2cc4c(cc2C3C2C(=O)N(c3cc(F)cc(F)c3)C(=O)C12)C(=O)OC4=O. The van der Waals surface area contributed by atoms with Crippen LogP contribution in [-0.2, 0) is 19.1 Å². The van der Waals surface area contributed by atoms with Crippen molar-refractivity contribution in [2.75, 3.05) is 4.90 Å². The number of halogens is 2. The summed E-state index contributed by atoms with van der Waals surface area (Å²) in [7, 11) is 0. The molecule has 1 fully saturated rings. The molecule has 0 spiro atoms. The molecule has 3 aromatic carbocycles. The summed E-state index contributed by atoms with van der Waals surface area (Å²) in [5.41, 5.74) is 1.64. The van der Waals surface area contributed by atoms with E-state index in [1.165, 1.54) is 24.3 Å². The summed E-state index contributed by atoms with van der Waals surface area (Å²) in [5.74, 6) is -10.7. The van der Waals surface area contributed by atoms with E-state index in [0.29, 0.717) is 28.3 Å². The third-order valence-corrected chi connectivity index (χ3v) is 8.26. The molecule has 11 heteroatoms. The van der Waals surface area contributed by atoms with Gasteiger partial charge in [-0.15, -0.1) is 0 Å². The first kappa shape index (κ1) is 22.0. The molecule has 3 aliphatic heterocycles. The highest BCUT2D eigenvalue weighted by atomic mass is 19.1. The minimum Gasteiger partial charge on any atom is -0.386 e. The predicted octanol–water partition coefficient (Wildman–Crippen LogP) is 2.98. The highest BCUT2D eigenvalue weighted by molar-refractivity contribution is 6.24. The first-order valence-corrected chi connectivity index (χ1v) is 11.9. The van der Waals surface area contributed by atoms with Crippen LogP contribution in [0, 0.1) is 23.5 Å². The number of hydrogen-bond donors (Lipinski definition) is 0. The van der Waals surface area contributed by atoms with Gasteiger partial charge in [-0.3, -0.25) is 9.59 Å². The molecule has 190 valence electrons. The van der Waals surface area contributed by atoms with E-state index in [1.54, 1.807) is 0 Å². The van der Waals surface area contributed by atoms with Crippen LogP contribution in [0.5, 0.6) is 0 Å². The van der Waals surface area contributed by atoms with Crippen LogP contribution in [0.2, 0.25) is 0 Å². The maximum absolute atomic E-state index is 14.1. The van der Waals surface area contributed by atoms with Crippen LogP contribution in [0.15, 0.2) is 42.5 Å². The average Bonchev–Trinajstić information content (AvgIpc) is 3.44. The number of carbonyl (C=O) groups is 6.